The zero-order valence-electron chi connectivity index (χ0n) is 10.8. The lowest BCUT2D eigenvalue weighted by atomic mass is 10.1. The molecule has 98 valence electrons. The Morgan fingerprint density at radius 1 is 1.19 bits per heavy atom. The molecule has 0 aromatic rings. The van der Waals surface area contributed by atoms with Gasteiger partial charge >= 0.3 is 0 Å². The van der Waals surface area contributed by atoms with Gasteiger partial charge in [-0.25, -0.2) is 8.42 Å². The summed E-state index contributed by atoms with van der Waals surface area (Å²) in [5.74, 6) is 0.272. The number of hydrogen-bond donors (Lipinski definition) is 1. The summed E-state index contributed by atoms with van der Waals surface area (Å²) >= 11 is 0. The first-order valence-electron chi connectivity index (χ1n) is 6.06. The van der Waals surface area contributed by atoms with Crippen molar-refractivity contribution in [3.05, 3.63) is 0 Å². The minimum atomic E-state index is -2.83. The molecular weight excluding hydrogens is 224 g/mol. The maximum absolute atomic E-state index is 11.0. The molecule has 0 radical (unpaired) electrons. The quantitative estimate of drug-likeness (QED) is 0.659. The fourth-order valence-corrected chi connectivity index (χ4v) is 2.63. The number of rotatable bonds is 9. The zero-order valence-corrected chi connectivity index (χ0v) is 11.6. The molecule has 0 bridgehead atoms. The predicted octanol–water partition coefficient (Wildman–Crippen LogP) is 0.870. The first-order valence-corrected chi connectivity index (χ1v) is 8.12. The molecule has 0 atom stereocenters. The molecule has 2 N–H and O–H groups in total. The summed E-state index contributed by atoms with van der Waals surface area (Å²) in [6, 6.07) is 0.531. The highest BCUT2D eigenvalue weighted by Crippen LogP contribution is 2.08. The molecule has 0 aromatic heterocycles. The van der Waals surface area contributed by atoms with Gasteiger partial charge in [0, 0.05) is 25.4 Å². The van der Waals surface area contributed by atoms with Crippen molar-refractivity contribution in [1.29, 1.82) is 0 Å². The highest BCUT2D eigenvalue weighted by Gasteiger charge is 2.14. The third-order valence-corrected chi connectivity index (χ3v) is 3.87. The molecule has 16 heavy (non-hydrogen) atoms. The fourth-order valence-electron chi connectivity index (χ4n) is 1.98. The summed E-state index contributed by atoms with van der Waals surface area (Å²) in [6.45, 7) is 6.64. The van der Waals surface area contributed by atoms with E-state index in [2.05, 4.69) is 18.7 Å². The van der Waals surface area contributed by atoms with Gasteiger partial charge in [-0.2, -0.15) is 0 Å². The normalized spacial score (nSPS) is 12.6. The SMILES string of the molecule is CCC(CC)N(CCN)CCCS(C)(=O)=O. The van der Waals surface area contributed by atoms with Crippen LogP contribution in [0.15, 0.2) is 0 Å². The molecule has 0 rings (SSSR count). The summed E-state index contributed by atoms with van der Waals surface area (Å²) in [6.07, 6.45) is 4.18. The Morgan fingerprint density at radius 2 is 1.75 bits per heavy atom. The van der Waals surface area contributed by atoms with Crippen molar-refractivity contribution in [2.24, 2.45) is 5.73 Å². The topological polar surface area (TPSA) is 63.4 Å². The molecule has 0 aliphatic heterocycles. The molecule has 0 saturated carbocycles. The molecule has 0 fully saturated rings. The molecule has 0 heterocycles. The fraction of sp³-hybridized carbons (Fsp3) is 1.00. The van der Waals surface area contributed by atoms with Crippen molar-refractivity contribution < 1.29 is 8.42 Å². The van der Waals surface area contributed by atoms with Crippen LogP contribution in [0, 0.1) is 0 Å². The van der Waals surface area contributed by atoms with Gasteiger partial charge in [-0.3, -0.25) is 4.90 Å². The van der Waals surface area contributed by atoms with Crippen LogP contribution < -0.4 is 5.73 Å². The molecule has 5 heteroatoms. The summed E-state index contributed by atoms with van der Waals surface area (Å²) in [4.78, 5) is 2.31. The first-order chi connectivity index (χ1) is 7.44. The van der Waals surface area contributed by atoms with E-state index in [1.54, 1.807) is 0 Å². The Kier molecular flexibility index (Phi) is 7.97. The zero-order chi connectivity index (χ0) is 12.6. The molecular formula is C11H26N2O2S. The van der Waals surface area contributed by atoms with E-state index in [1.807, 2.05) is 0 Å². The predicted molar refractivity (Wildman–Crippen MR) is 69.3 cm³/mol. The summed E-state index contributed by atoms with van der Waals surface area (Å²) in [7, 11) is -2.83. The Bertz CT molecular complexity index is 261. The van der Waals surface area contributed by atoms with E-state index < -0.39 is 9.84 Å². The molecule has 0 spiro atoms. The van der Waals surface area contributed by atoms with Gasteiger partial charge in [-0.15, -0.1) is 0 Å². The third-order valence-electron chi connectivity index (χ3n) is 2.84. The van der Waals surface area contributed by atoms with Crippen LogP contribution in [-0.4, -0.2) is 51.0 Å². The summed E-state index contributed by atoms with van der Waals surface area (Å²) < 4.78 is 22.1. The van der Waals surface area contributed by atoms with Crippen LogP contribution in [0.3, 0.4) is 0 Å². The molecule has 0 amide bonds. The monoisotopic (exact) mass is 250 g/mol. The smallest absolute Gasteiger partial charge is 0.147 e. The molecule has 0 aliphatic rings. The molecule has 0 aliphatic carbocycles. The summed E-state index contributed by atoms with van der Waals surface area (Å²) in [5.41, 5.74) is 5.57. The van der Waals surface area contributed by atoms with Crippen molar-refractivity contribution in [2.45, 2.75) is 39.2 Å². The van der Waals surface area contributed by atoms with Crippen LogP contribution in [0.25, 0.3) is 0 Å². The van der Waals surface area contributed by atoms with E-state index in [0.717, 1.165) is 25.9 Å². The Labute approximate surface area is 100 Å². The van der Waals surface area contributed by atoms with Gasteiger partial charge in [-0.05, 0) is 25.8 Å². The van der Waals surface area contributed by atoms with E-state index in [1.165, 1.54) is 6.26 Å². The first kappa shape index (κ1) is 15.9. The average molecular weight is 250 g/mol. The van der Waals surface area contributed by atoms with Crippen LogP contribution in [0.1, 0.15) is 33.1 Å². The number of nitrogens with two attached hydrogens (primary N) is 1. The van der Waals surface area contributed by atoms with E-state index in [4.69, 9.17) is 5.73 Å². The van der Waals surface area contributed by atoms with Crippen LogP contribution in [-0.2, 0) is 9.84 Å². The Hall–Kier alpha value is -0.130. The van der Waals surface area contributed by atoms with Gasteiger partial charge in [-0.1, -0.05) is 13.8 Å². The van der Waals surface area contributed by atoms with Gasteiger partial charge in [0.05, 0.1) is 5.75 Å². The minimum Gasteiger partial charge on any atom is -0.329 e. The number of sulfone groups is 1. The second kappa shape index (κ2) is 8.03. The molecule has 0 aromatic carbocycles. The maximum atomic E-state index is 11.0. The lowest BCUT2D eigenvalue weighted by Gasteiger charge is -2.29. The molecule has 4 nitrogen and oxygen atoms in total. The van der Waals surface area contributed by atoms with Gasteiger partial charge < -0.3 is 5.73 Å². The van der Waals surface area contributed by atoms with Crippen molar-refractivity contribution in [3.8, 4) is 0 Å². The van der Waals surface area contributed by atoms with Crippen molar-refractivity contribution in [2.75, 3.05) is 31.6 Å². The van der Waals surface area contributed by atoms with E-state index in [0.29, 0.717) is 19.0 Å². The second-order valence-corrected chi connectivity index (χ2v) is 6.54. The van der Waals surface area contributed by atoms with E-state index in [-0.39, 0.29) is 5.75 Å². The standard InChI is InChI=1S/C11H26N2O2S/c1-4-11(5-2)13(9-7-12)8-6-10-16(3,14)15/h11H,4-10,12H2,1-3H3. The minimum absolute atomic E-state index is 0.272. The van der Waals surface area contributed by atoms with Gasteiger partial charge in [0.25, 0.3) is 0 Å². The van der Waals surface area contributed by atoms with Crippen LogP contribution in [0.2, 0.25) is 0 Å². The lowest BCUT2D eigenvalue weighted by Crippen LogP contribution is -2.39. The van der Waals surface area contributed by atoms with Gasteiger partial charge in [0.15, 0.2) is 0 Å². The average Bonchev–Trinajstić information content (AvgIpc) is 2.17. The van der Waals surface area contributed by atoms with E-state index in [9.17, 15) is 8.42 Å². The molecule has 0 saturated heterocycles. The lowest BCUT2D eigenvalue weighted by molar-refractivity contribution is 0.191. The highest BCUT2D eigenvalue weighted by molar-refractivity contribution is 7.90. The maximum Gasteiger partial charge on any atom is 0.147 e. The van der Waals surface area contributed by atoms with E-state index >= 15 is 0 Å². The Morgan fingerprint density at radius 3 is 2.12 bits per heavy atom. The van der Waals surface area contributed by atoms with Crippen LogP contribution in [0.5, 0.6) is 0 Å². The number of hydrogen-bond acceptors (Lipinski definition) is 4. The van der Waals surface area contributed by atoms with Crippen molar-refractivity contribution in [1.82, 2.24) is 4.90 Å². The third kappa shape index (κ3) is 7.19. The van der Waals surface area contributed by atoms with Crippen LogP contribution >= 0.6 is 0 Å². The van der Waals surface area contributed by atoms with Gasteiger partial charge in [0.1, 0.15) is 9.84 Å². The van der Waals surface area contributed by atoms with Crippen LogP contribution in [0.4, 0.5) is 0 Å². The van der Waals surface area contributed by atoms with Crippen molar-refractivity contribution >= 4 is 9.84 Å². The second-order valence-electron chi connectivity index (χ2n) is 4.28. The van der Waals surface area contributed by atoms with Gasteiger partial charge in [0.2, 0.25) is 0 Å². The highest BCUT2D eigenvalue weighted by atomic mass is 32.2. The number of nitrogens with zero attached hydrogens (tertiary/aromatic N) is 1. The van der Waals surface area contributed by atoms with Crippen molar-refractivity contribution in [3.63, 3.8) is 0 Å². The summed E-state index contributed by atoms with van der Waals surface area (Å²) in [5, 5.41) is 0. The Balaban J connectivity index is 4.12. The molecule has 0 unspecified atom stereocenters. The largest absolute Gasteiger partial charge is 0.329 e.